The van der Waals surface area contributed by atoms with Crippen LogP contribution >= 0.6 is 8.37 Å². The third-order valence-corrected chi connectivity index (χ3v) is 1.08. The molecule has 52 valence electrons. The predicted octanol–water partition coefficient (Wildman–Crippen LogP) is 2.76. The summed E-state index contributed by atoms with van der Waals surface area (Å²) in [4.78, 5) is 15.6. The van der Waals surface area contributed by atoms with E-state index in [0.29, 0.717) is 0 Å². The second kappa shape index (κ2) is 9.62. The average Bonchev–Trinajstić information content (AvgIpc) is 1.90. The van der Waals surface area contributed by atoms with Crippen LogP contribution in [0.2, 0.25) is 0 Å². The summed E-state index contributed by atoms with van der Waals surface area (Å²) >= 11 is 0. The summed E-state index contributed by atoms with van der Waals surface area (Å²) in [5.41, 5.74) is 23.4. The van der Waals surface area contributed by atoms with Gasteiger partial charge in [-0.1, -0.05) is 14.7 Å². The van der Waals surface area contributed by atoms with Crippen LogP contribution in [0.1, 0.15) is 0 Å². The molecule has 11 heavy (non-hydrogen) atoms. The summed E-state index contributed by atoms with van der Waals surface area (Å²) in [6.45, 7) is 0. The molecule has 0 amide bonds. The minimum absolute atomic E-state index is 0. The van der Waals surface area contributed by atoms with Crippen LogP contribution in [0, 0.1) is 0 Å². The number of rotatable bonds is 3. The van der Waals surface area contributed by atoms with Crippen molar-refractivity contribution in [3.8, 4) is 0 Å². The Morgan fingerprint density at radius 3 is 1.27 bits per heavy atom. The predicted molar refractivity (Wildman–Crippen MR) is 40.1 cm³/mol. The van der Waals surface area contributed by atoms with Gasteiger partial charge in [-0.05, 0) is 16.6 Å². The zero-order valence-electron chi connectivity index (χ0n) is 5.18. The average molecular weight is 197 g/mol. The summed E-state index contributed by atoms with van der Waals surface area (Å²) in [5.74, 6) is 0. The molecule has 0 saturated heterocycles. The van der Waals surface area contributed by atoms with E-state index in [1.165, 1.54) is 0 Å². The summed E-state index contributed by atoms with van der Waals surface area (Å²) in [6.07, 6.45) is 0. The van der Waals surface area contributed by atoms with E-state index >= 15 is 0 Å². The van der Waals surface area contributed by atoms with Crippen LogP contribution < -0.4 is 0 Å². The molecule has 0 aromatic rings. The van der Waals surface area contributed by atoms with Crippen molar-refractivity contribution >= 4 is 46.1 Å². The third-order valence-electron chi connectivity index (χ3n) is 0.360. The number of nitrogens with zero attached hydrogens (tertiary/aromatic N) is 9. The van der Waals surface area contributed by atoms with Crippen LogP contribution in [0.5, 0.6) is 0 Å². The van der Waals surface area contributed by atoms with Crippen LogP contribution in [-0.2, 0) is 0 Å². The molecule has 0 bridgehead atoms. The van der Waals surface area contributed by atoms with E-state index in [9.17, 15) is 0 Å². The van der Waals surface area contributed by atoms with E-state index < -0.39 is 8.37 Å². The third kappa shape index (κ3) is 7.52. The molecular formula is CaN9P. The maximum atomic E-state index is 7.80. The zero-order chi connectivity index (χ0) is 7.82. The van der Waals surface area contributed by atoms with Crippen LogP contribution in [0.25, 0.3) is 31.3 Å². The molecular weight excluding hydrogens is 197 g/mol. The molecule has 11 heteroatoms. The van der Waals surface area contributed by atoms with Gasteiger partial charge in [-0.3, -0.25) is 0 Å². The van der Waals surface area contributed by atoms with Gasteiger partial charge in [0.2, 0.25) is 0 Å². The largest absolute Gasteiger partial charge is 0.170 e. The fourth-order valence-corrected chi connectivity index (χ4v) is 0.483. The first-order valence-corrected chi connectivity index (χ1v) is 3.00. The summed E-state index contributed by atoms with van der Waals surface area (Å²) in [5, 5.41) is 0. The molecule has 0 fully saturated rings. The second-order valence-electron chi connectivity index (χ2n) is 0.805. The fraction of sp³-hybridized carbons (Fsp3) is 0. The van der Waals surface area contributed by atoms with Crippen molar-refractivity contribution in [1.29, 1.82) is 0 Å². The SMILES string of the molecule is [Ca].[N-]=[N+]=NP(N=[N+]=[N-])N=[N+]=[N-]. The smallest absolute Gasteiger partial charge is 0.0588 e. The Hall–Kier alpha value is -0.380. The zero-order valence-corrected chi connectivity index (χ0v) is 8.28. The van der Waals surface area contributed by atoms with Crippen molar-refractivity contribution in [2.45, 2.75) is 0 Å². The Morgan fingerprint density at radius 2 is 1.09 bits per heavy atom. The van der Waals surface area contributed by atoms with Gasteiger partial charge in [-0.25, -0.2) is 0 Å². The van der Waals surface area contributed by atoms with E-state index in [-0.39, 0.29) is 37.7 Å². The number of hydrogen-bond acceptors (Lipinski definition) is 3. The van der Waals surface area contributed by atoms with Gasteiger partial charge in [0, 0.05) is 52.5 Å². The van der Waals surface area contributed by atoms with Crippen LogP contribution in [-0.4, -0.2) is 37.7 Å². The van der Waals surface area contributed by atoms with Gasteiger partial charge in [0.25, 0.3) is 0 Å². The van der Waals surface area contributed by atoms with E-state index in [2.05, 4.69) is 29.4 Å². The van der Waals surface area contributed by atoms with E-state index in [4.69, 9.17) is 16.6 Å². The summed E-state index contributed by atoms with van der Waals surface area (Å²) in [6, 6.07) is 0. The Balaban J connectivity index is 0. The molecule has 0 aromatic heterocycles. The molecule has 0 aliphatic heterocycles. The van der Waals surface area contributed by atoms with Crippen LogP contribution in [0.3, 0.4) is 0 Å². The first-order valence-electron chi connectivity index (χ1n) is 1.80. The van der Waals surface area contributed by atoms with Crippen molar-refractivity contribution in [1.82, 2.24) is 0 Å². The van der Waals surface area contributed by atoms with Crippen molar-refractivity contribution in [2.24, 2.45) is 14.7 Å². The van der Waals surface area contributed by atoms with Gasteiger partial charge in [0.15, 0.2) is 8.37 Å². The molecule has 0 aliphatic carbocycles. The molecule has 2 radical (unpaired) electrons. The molecule has 0 atom stereocenters. The van der Waals surface area contributed by atoms with Gasteiger partial charge >= 0.3 is 0 Å². The maximum absolute atomic E-state index is 7.80. The molecule has 0 aliphatic rings. The van der Waals surface area contributed by atoms with Crippen LogP contribution in [0.15, 0.2) is 14.7 Å². The molecule has 0 spiro atoms. The van der Waals surface area contributed by atoms with Crippen molar-refractivity contribution < 1.29 is 0 Å². The molecule has 0 N–H and O–H groups in total. The Bertz CT molecular complexity index is 193. The Kier molecular flexibility index (Phi) is 11.6. The molecule has 0 aromatic carbocycles. The topological polar surface area (TPSA) is 146 Å². The Morgan fingerprint density at radius 1 is 0.818 bits per heavy atom. The molecule has 0 saturated carbocycles. The van der Waals surface area contributed by atoms with E-state index in [1.54, 1.807) is 0 Å². The second-order valence-corrected chi connectivity index (χ2v) is 1.88. The number of azide groups is 1. The van der Waals surface area contributed by atoms with Gasteiger partial charge < -0.3 is 0 Å². The van der Waals surface area contributed by atoms with Crippen LogP contribution in [0.4, 0.5) is 0 Å². The van der Waals surface area contributed by atoms with Gasteiger partial charge in [-0.15, -0.1) is 0 Å². The maximum Gasteiger partial charge on any atom is 0.170 e. The first-order chi connectivity index (χ1) is 4.85. The van der Waals surface area contributed by atoms with Gasteiger partial charge in [0.05, 0.1) is 0 Å². The minimum Gasteiger partial charge on any atom is -0.0588 e. The monoisotopic (exact) mass is 197 g/mol. The minimum atomic E-state index is -1.94. The molecule has 0 heterocycles. The first kappa shape index (κ1) is 13.2. The Labute approximate surface area is 91.6 Å². The van der Waals surface area contributed by atoms with Gasteiger partial charge in [0.1, 0.15) is 0 Å². The summed E-state index contributed by atoms with van der Waals surface area (Å²) in [7, 11) is -1.94. The quantitative estimate of drug-likeness (QED) is 0.215. The molecule has 9 nitrogen and oxygen atoms in total. The van der Waals surface area contributed by atoms with E-state index in [0.717, 1.165) is 0 Å². The molecule has 0 unspecified atom stereocenters. The normalized spacial score (nSPS) is 8.73. The standard InChI is InChI=1S/Ca.N9P/c;1-4-7-10(8-5-2)9-6-3. The van der Waals surface area contributed by atoms with Crippen molar-refractivity contribution in [3.63, 3.8) is 0 Å². The fourth-order valence-electron chi connectivity index (χ4n) is 0.161. The number of hydrogen-bond donors (Lipinski definition) is 0. The molecule has 0 rings (SSSR count). The van der Waals surface area contributed by atoms with Crippen molar-refractivity contribution in [2.75, 3.05) is 0 Å². The van der Waals surface area contributed by atoms with E-state index in [1.807, 2.05) is 0 Å². The van der Waals surface area contributed by atoms with Gasteiger partial charge in [-0.2, -0.15) is 0 Å². The summed E-state index contributed by atoms with van der Waals surface area (Å²) < 4.78 is 0. The van der Waals surface area contributed by atoms with Crippen molar-refractivity contribution in [3.05, 3.63) is 31.3 Å².